The van der Waals surface area contributed by atoms with Crippen LogP contribution in [0, 0.1) is 17.0 Å². The van der Waals surface area contributed by atoms with Crippen LogP contribution in [-0.4, -0.2) is 26.3 Å². The summed E-state index contributed by atoms with van der Waals surface area (Å²) in [7, 11) is 0. The third kappa shape index (κ3) is 3.53. The molecule has 1 N–H and O–H groups in total. The quantitative estimate of drug-likeness (QED) is 0.226. The van der Waals surface area contributed by atoms with Crippen LogP contribution in [0.1, 0.15) is 27.2 Å². The average molecular weight is 399 g/mol. The number of hydrazone groups is 1. The van der Waals surface area contributed by atoms with E-state index in [-0.39, 0.29) is 17.0 Å². The molecule has 0 radical (unpaired) electrons. The summed E-state index contributed by atoms with van der Waals surface area (Å²) in [6.07, 6.45) is 5.09. The second-order valence-corrected chi connectivity index (χ2v) is 6.56. The lowest BCUT2D eigenvalue weighted by Crippen LogP contribution is -2.07. The van der Waals surface area contributed by atoms with Crippen LogP contribution in [-0.2, 0) is 0 Å². The molecule has 148 valence electrons. The number of hydrogen-bond donors (Lipinski definition) is 1. The Kier molecular flexibility index (Phi) is 5.04. The number of carbonyl (C=O) groups excluding carboxylic acids is 1. The van der Waals surface area contributed by atoms with Gasteiger partial charge >= 0.3 is 0 Å². The lowest BCUT2D eigenvalue weighted by atomic mass is 10.0. The maximum atomic E-state index is 13.3. The predicted octanol–water partition coefficient (Wildman–Crippen LogP) is 4.23. The highest BCUT2D eigenvalue weighted by molar-refractivity contribution is 6.12. The Morgan fingerprint density at radius 3 is 2.77 bits per heavy atom. The average Bonchev–Trinajstić information content (AvgIpc) is 3.05. The summed E-state index contributed by atoms with van der Waals surface area (Å²) >= 11 is 0. The monoisotopic (exact) mass is 399 g/mol. The van der Waals surface area contributed by atoms with Crippen molar-refractivity contribution in [3.05, 3.63) is 106 Å². The van der Waals surface area contributed by atoms with Crippen molar-refractivity contribution in [2.45, 2.75) is 6.92 Å². The number of anilines is 1. The first-order valence-corrected chi connectivity index (χ1v) is 9.15. The van der Waals surface area contributed by atoms with Gasteiger partial charge in [-0.15, -0.1) is 0 Å². The fourth-order valence-corrected chi connectivity index (χ4v) is 3.29. The summed E-state index contributed by atoms with van der Waals surface area (Å²) < 4.78 is 1.78. The van der Waals surface area contributed by atoms with Crippen molar-refractivity contribution in [2.24, 2.45) is 5.10 Å². The number of non-ortho nitro benzene ring substituents is 1. The molecule has 4 rings (SSSR count). The number of hydrogen-bond acceptors (Lipinski definition) is 6. The standard InChI is InChI=1S/C22H17N5O3/c1-15-18(14-24-25-20-10-2-4-11-23-20)19-9-3-5-12-26(19)21(15)22(28)16-7-6-8-17(13-16)27(29)30/h2-14H,1H3,(H,23,25)/b24-14+. The Hall–Kier alpha value is -4.33. The van der Waals surface area contributed by atoms with Gasteiger partial charge in [0, 0.05) is 35.7 Å². The van der Waals surface area contributed by atoms with Crippen molar-refractivity contribution in [3.8, 4) is 0 Å². The lowest BCUT2D eigenvalue weighted by molar-refractivity contribution is -0.384. The van der Waals surface area contributed by atoms with Gasteiger partial charge in [0.2, 0.25) is 5.78 Å². The molecule has 0 fully saturated rings. The van der Waals surface area contributed by atoms with Crippen LogP contribution in [0.2, 0.25) is 0 Å². The molecule has 0 aliphatic rings. The molecule has 0 atom stereocenters. The maximum absolute atomic E-state index is 13.3. The van der Waals surface area contributed by atoms with Gasteiger partial charge in [-0.1, -0.05) is 24.3 Å². The van der Waals surface area contributed by atoms with E-state index in [9.17, 15) is 14.9 Å². The summed E-state index contributed by atoms with van der Waals surface area (Å²) in [6.45, 7) is 1.83. The van der Waals surface area contributed by atoms with Gasteiger partial charge in [-0.25, -0.2) is 4.98 Å². The molecule has 3 heterocycles. The minimum absolute atomic E-state index is 0.124. The number of carbonyl (C=O) groups is 1. The zero-order valence-electron chi connectivity index (χ0n) is 16.0. The van der Waals surface area contributed by atoms with Crippen molar-refractivity contribution in [3.63, 3.8) is 0 Å². The molecule has 0 amide bonds. The second-order valence-electron chi connectivity index (χ2n) is 6.56. The molecule has 0 aliphatic heterocycles. The Morgan fingerprint density at radius 1 is 1.17 bits per heavy atom. The molecule has 0 saturated heterocycles. The van der Waals surface area contributed by atoms with Crippen molar-refractivity contribution >= 4 is 29.0 Å². The van der Waals surface area contributed by atoms with Crippen molar-refractivity contribution < 1.29 is 9.72 Å². The highest BCUT2D eigenvalue weighted by Crippen LogP contribution is 2.25. The molecule has 0 saturated carbocycles. The molecule has 0 spiro atoms. The van der Waals surface area contributed by atoms with Crippen LogP contribution < -0.4 is 5.43 Å². The lowest BCUT2D eigenvalue weighted by Gasteiger charge is -2.04. The van der Waals surface area contributed by atoms with Crippen LogP contribution in [0.5, 0.6) is 0 Å². The highest BCUT2D eigenvalue weighted by Gasteiger charge is 2.22. The summed E-state index contributed by atoms with van der Waals surface area (Å²) in [6, 6.07) is 16.8. The maximum Gasteiger partial charge on any atom is 0.270 e. The molecule has 0 bridgehead atoms. The Morgan fingerprint density at radius 2 is 2.00 bits per heavy atom. The minimum atomic E-state index is -0.513. The first-order chi connectivity index (χ1) is 14.6. The molecule has 1 aromatic carbocycles. The summed E-state index contributed by atoms with van der Waals surface area (Å²) in [5.41, 5.74) is 5.73. The van der Waals surface area contributed by atoms with Gasteiger partial charge in [0.15, 0.2) is 0 Å². The number of rotatable bonds is 6. The number of nitrogens with zero attached hydrogens (tertiary/aromatic N) is 4. The van der Waals surface area contributed by atoms with E-state index in [1.807, 2.05) is 37.3 Å². The van der Waals surface area contributed by atoms with E-state index < -0.39 is 4.92 Å². The van der Waals surface area contributed by atoms with Crippen LogP contribution in [0.15, 0.2) is 78.2 Å². The summed E-state index contributed by atoms with van der Waals surface area (Å²) in [5, 5.41) is 15.3. The zero-order chi connectivity index (χ0) is 21.1. The SMILES string of the molecule is Cc1c(/C=N/Nc2ccccn2)c2ccccn2c1C(=O)c1cccc([N+](=O)[O-])c1. The third-order valence-electron chi connectivity index (χ3n) is 4.71. The molecule has 0 unspecified atom stereocenters. The Bertz CT molecular complexity index is 1280. The smallest absolute Gasteiger partial charge is 0.270 e. The largest absolute Gasteiger partial charge is 0.313 e. The van der Waals surface area contributed by atoms with E-state index in [1.54, 1.807) is 35.1 Å². The molecule has 3 aromatic heterocycles. The molecular weight excluding hydrogens is 382 g/mol. The number of pyridine rings is 2. The number of nitrogens with one attached hydrogen (secondary N) is 1. The highest BCUT2D eigenvalue weighted by atomic mass is 16.6. The van der Waals surface area contributed by atoms with Crippen LogP contribution in [0.4, 0.5) is 11.5 Å². The molecule has 8 heteroatoms. The van der Waals surface area contributed by atoms with Gasteiger partial charge in [-0.2, -0.15) is 5.10 Å². The molecule has 8 nitrogen and oxygen atoms in total. The third-order valence-corrected chi connectivity index (χ3v) is 4.71. The molecule has 0 aliphatic carbocycles. The van der Waals surface area contributed by atoms with Gasteiger partial charge in [-0.3, -0.25) is 20.3 Å². The van der Waals surface area contributed by atoms with Crippen molar-refractivity contribution in [1.29, 1.82) is 0 Å². The van der Waals surface area contributed by atoms with Crippen LogP contribution in [0.25, 0.3) is 5.52 Å². The summed E-state index contributed by atoms with van der Waals surface area (Å²) in [4.78, 5) is 28.0. The zero-order valence-corrected chi connectivity index (χ0v) is 16.0. The van der Waals surface area contributed by atoms with Gasteiger partial charge in [0.25, 0.3) is 5.69 Å². The van der Waals surface area contributed by atoms with Gasteiger partial charge in [-0.05, 0) is 36.8 Å². The van der Waals surface area contributed by atoms with Crippen molar-refractivity contribution in [1.82, 2.24) is 9.38 Å². The fourth-order valence-electron chi connectivity index (χ4n) is 3.29. The van der Waals surface area contributed by atoms with E-state index in [1.165, 1.54) is 18.2 Å². The normalized spacial score (nSPS) is 11.1. The topological polar surface area (TPSA) is 102 Å². The minimum Gasteiger partial charge on any atom is -0.313 e. The van der Waals surface area contributed by atoms with E-state index in [4.69, 9.17) is 0 Å². The number of fused-ring (bicyclic) bond motifs is 1. The van der Waals surface area contributed by atoms with Gasteiger partial charge < -0.3 is 4.40 Å². The molecule has 30 heavy (non-hydrogen) atoms. The number of nitro groups is 1. The fraction of sp³-hybridized carbons (Fsp3) is 0.0455. The Balaban J connectivity index is 1.76. The molecular formula is C22H17N5O3. The number of nitro benzene ring substituents is 1. The predicted molar refractivity (Wildman–Crippen MR) is 114 cm³/mol. The van der Waals surface area contributed by atoms with E-state index in [0.717, 1.165) is 16.6 Å². The van der Waals surface area contributed by atoms with Crippen LogP contribution >= 0.6 is 0 Å². The number of ketones is 1. The molecule has 4 aromatic rings. The van der Waals surface area contributed by atoms with Gasteiger partial charge in [0.1, 0.15) is 5.82 Å². The van der Waals surface area contributed by atoms with Crippen molar-refractivity contribution in [2.75, 3.05) is 5.43 Å². The van der Waals surface area contributed by atoms with E-state index in [0.29, 0.717) is 11.5 Å². The second kappa shape index (κ2) is 7.96. The van der Waals surface area contributed by atoms with E-state index in [2.05, 4.69) is 15.5 Å². The van der Waals surface area contributed by atoms with Gasteiger partial charge in [0.05, 0.1) is 22.3 Å². The first-order valence-electron chi connectivity index (χ1n) is 9.15. The number of benzene rings is 1. The first kappa shape index (κ1) is 19.0. The summed E-state index contributed by atoms with van der Waals surface area (Å²) in [5.74, 6) is 0.303. The number of aromatic nitrogens is 2. The Labute approximate surface area is 171 Å². The van der Waals surface area contributed by atoms with Crippen LogP contribution in [0.3, 0.4) is 0 Å². The van der Waals surface area contributed by atoms with E-state index >= 15 is 0 Å².